The highest BCUT2D eigenvalue weighted by Gasteiger charge is 2.33. The third-order valence-corrected chi connectivity index (χ3v) is 7.34. The fourth-order valence-electron chi connectivity index (χ4n) is 3.85. The van der Waals surface area contributed by atoms with Gasteiger partial charge in [-0.05, 0) is 69.0 Å². The molecule has 1 aliphatic rings. The van der Waals surface area contributed by atoms with E-state index in [1.807, 2.05) is 32.9 Å². The number of amides is 1. The predicted octanol–water partition coefficient (Wildman–Crippen LogP) is 3.72. The number of halogens is 1. The van der Waals surface area contributed by atoms with Crippen LogP contribution in [0.3, 0.4) is 0 Å². The zero-order chi connectivity index (χ0) is 21.2. The predicted molar refractivity (Wildman–Crippen MR) is 110 cm³/mol. The monoisotopic (exact) mass is 418 g/mol. The van der Waals surface area contributed by atoms with Crippen LogP contribution in [0.25, 0.3) is 0 Å². The molecule has 2 aromatic rings. The van der Waals surface area contributed by atoms with Crippen LogP contribution in [0.2, 0.25) is 0 Å². The summed E-state index contributed by atoms with van der Waals surface area (Å²) in [6.45, 7) is 6.47. The van der Waals surface area contributed by atoms with Crippen LogP contribution >= 0.6 is 0 Å². The Bertz CT molecular complexity index is 990. The minimum atomic E-state index is -3.75. The van der Waals surface area contributed by atoms with Crippen LogP contribution in [0.1, 0.15) is 42.5 Å². The summed E-state index contributed by atoms with van der Waals surface area (Å²) < 4.78 is 40.2. The van der Waals surface area contributed by atoms with Crippen molar-refractivity contribution in [3.05, 3.63) is 65.0 Å². The molecule has 0 unspecified atom stereocenters. The van der Waals surface area contributed by atoms with Crippen molar-refractivity contribution in [3.8, 4) is 0 Å². The molecule has 0 spiro atoms. The molecule has 0 saturated carbocycles. The molecule has 1 saturated heterocycles. The highest BCUT2D eigenvalue weighted by atomic mass is 32.2. The number of piperidine rings is 1. The molecule has 2 aromatic carbocycles. The summed E-state index contributed by atoms with van der Waals surface area (Å²) in [6, 6.07) is 10.7. The molecule has 1 N–H and O–H groups in total. The third-order valence-electron chi connectivity index (χ3n) is 5.46. The number of rotatable bonds is 5. The van der Waals surface area contributed by atoms with Crippen molar-refractivity contribution in [2.45, 2.75) is 44.6 Å². The van der Waals surface area contributed by atoms with Crippen molar-refractivity contribution in [1.82, 2.24) is 9.62 Å². The van der Waals surface area contributed by atoms with Gasteiger partial charge in [-0.15, -0.1) is 0 Å². The maximum atomic E-state index is 13.1. The van der Waals surface area contributed by atoms with E-state index in [0.717, 1.165) is 23.3 Å². The second-order valence-corrected chi connectivity index (χ2v) is 9.68. The number of nitrogens with one attached hydrogen (secondary N) is 1. The van der Waals surface area contributed by atoms with Gasteiger partial charge < -0.3 is 5.32 Å². The van der Waals surface area contributed by atoms with Gasteiger partial charge in [0.1, 0.15) is 5.82 Å². The maximum Gasteiger partial charge on any atom is 0.243 e. The van der Waals surface area contributed by atoms with Crippen LogP contribution in [-0.2, 0) is 14.8 Å². The van der Waals surface area contributed by atoms with Gasteiger partial charge in [-0.3, -0.25) is 4.79 Å². The summed E-state index contributed by atoms with van der Waals surface area (Å²) in [6.07, 6.45) is 1.25. The van der Waals surface area contributed by atoms with Crippen LogP contribution in [0.15, 0.2) is 47.4 Å². The second-order valence-electron chi connectivity index (χ2n) is 7.75. The fourth-order valence-corrected chi connectivity index (χ4v) is 5.37. The maximum absolute atomic E-state index is 13.1. The Morgan fingerprint density at radius 2 is 1.86 bits per heavy atom. The molecule has 2 atom stereocenters. The van der Waals surface area contributed by atoms with Gasteiger partial charge in [-0.2, -0.15) is 4.31 Å². The standard InChI is InChI=1S/C22H27FN2O3S/c1-15-6-11-21(16(2)13-15)17(3)24-22(26)18-5-4-12-25(14-18)29(27,28)20-9-7-19(23)8-10-20/h6-11,13,17-18H,4-5,12,14H2,1-3H3,(H,24,26)/t17-,18+/m1/s1. The number of hydrogen-bond acceptors (Lipinski definition) is 3. The molecular formula is C22H27FN2O3S. The quantitative estimate of drug-likeness (QED) is 0.805. The van der Waals surface area contributed by atoms with Gasteiger partial charge in [0.15, 0.2) is 0 Å². The van der Waals surface area contributed by atoms with E-state index in [1.54, 1.807) is 0 Å². The molecule has 0 radical (unpaired) electrons. The van der Waals surface area contributed by atoms with E-state index in [2.05, 4.69) is 11.4 Å². The van der Waals surface area contributed by atoms with Crippen molar-refractivity contribution in [1.29, 1.82) is 0 Å². The summed E-state index contributed by atoms with van der Waals surface area (Å²) in [4.78, 5) is 12.9. The zero-order valence-electron chi connectivity index (χ0n) is 17.0. The number of aryl methyl sites for hydroxylation is 2. The van der Waals surface area contributed by atoms with Gasteiger partial charge in [0, 0.05) is 13.1 Å². The molecule has 1 aliphatic heterocycles. The highest BCUT2D eigenvalue weighted by Crippen LogP contribution is 2.25. The smallest absolute Gasteiger partial charge is 0.243 e. The fraction of sp³-hybridized carbons (Fsp3) is 0.409. The summed E-state index contributed by atoms with van der Waals surface area (Å²) >= 11 is 0. The number of nitrogens with zero attached hydrogens (tertiary/aromatic N) is 1. The number of carbonyl (C=O) groups is 1. The van der Waals surface area contributed by atoms with Gasteiger partial charge in [0.2, 0.25) is 15.9 Å². The van der Waals surface area contributed by atoms with Crippen LogP contribution in [-0.4, -0.2) is 31.7 Å². The van der Waals surface area contributed by atoms with E-state index in [1.165, 1.54) is 22.0 Å². The topological polar surface area (TPSA) is 66.5 Å². The lowest BCUT2D eigenvalue weighted by atomic mass is 9.96. The SMILES string of the molecule is Cc1ccc([C@@H](C)NC(=O)[C@H]2CCCN(S(=O)(=O)c3ccc(F)cc3)C2)c(C)c1. The van der Waals surface area contributed by atoms with Crippen molar-refractivity contribution in [2.75, 3.05) is 13.1 Å². The molecular weight excluding hydrogens is 391 g/mol. The molecule has 29 heavy (non-hydrogen) atoms. The molecule has 156 valence electrons. The lowest BCUT2D eigenvalue weighted by molar-refractivity contribution is -0.126. The van der Waals surface area contributed by atoms with Gasteiger partial charge >= 0.3 is 0 Å². The van der Waals surface area contributed by atoms with Crippen LogP contribution in [0, 0.1) is 25.6 Å². The van der Waals surface area contributed by atoms with E-state index in [9.17, 15) is 17.6 Å². The van der Waals surface area contributed by atoms with Crippen molar-refractivity contribution in [3.63, 3.8) is 0 Å². The van der Waals surface area contributed by atoms with E-state index in [-0.39, 0.29) is 23.4 Å². The normalized spacial score (nSPS) is 19.0. The molecule has 0 aliphatic carbocycles. The summed E-state index contributed by atoms with van der Waals surface area (Å²) in [5, 5.41) is 3.04. The first-order chi connectivity index (χ1) is 13.7. The van der Waals surface area contributed by atoms with Crippen LogP contribution < -0.4 is 5.32 Å². The minimum absolute atomic E-state index is 0.0450. The van der Waals surface area contributed by atoms with Crippen LogP contribution in [0.5, 0.6) is 0 Å². The van der Waals surface area contributed by atoms with Gasteiger partial charge in [-0.1, -0.05) is 23.8 Å². The summed E-state index contributed by atoms with van der Waals surface area (Å²) in [7, 11) is -3.75. The van der Waals surface area contributed by atoms with E-state index in [0.29, 0.717) is 19.4 Å². The molecule has 7 heteroatoms. The Kier molecular flexibility index (Phi) is 6.39. The summed E-state index contributed by atoms with van der Waals surface area (Å²) in [5.74, 6) is -1.04. The Morgan fingerprint density at radius 1 is 1.17 bits per heavy atom. The van der Waals surface area contributed by atoms with Crippen molar-refractivity contribution < 1.29 is 17.6 Å². The minimum Gasteiger partial charge on any atom is -0.349 e. The lowest BCUT2D eigenvalue weighted by Gasteiger charge is -2.32. The summed E-state index contributed by atoms with van der Waals surface area (Å²) in [5.41, 5.74) is 3.33. The van der Waals surface area contributed by atoms with E-state index in [4.69, 9.17) is 0 Å². The van der Waals surface area contributed by atoms with E-state index >= 15 is 0 Å². The Labute approximate surface area is 172 Å². The first-order valence-corrected chi connectivity index (χ1v) is 11.3. The highest BCUT2D eigenvalue weighted by molar-refractivity contribution is 7.89. The Hall–Kier alpha value is -2.25. The van der Waals surface area contributed by atoms with Gasteiger partial charge in [-0.25, -0.2) is 12.8 Å². The van der Waals surface area contributed by atoms with Crippen molar-refractivity contribution in [2.24, 2.45) is 5.92 Å². The number of benzene rings is 2. The van der Waals surface area contributed by atoms with Gasteiger partial charge in [0.25, 0.3) is 0 Å². The average Bonchev–Trinajstić information content (AvgIpc) is 2.68. The zero-order valence-corrected chi connectivity index (χ0v) is 17.8. The number of hydrogen-bond donors (Lipinski definition) is 1. The molecule has 0 bridgehead atoms. The Balaban J connectivity index is 1.69. The average molecular weight is 419 g/mol. The first kappa shape index (κ1) is 21.5. The van der Waals surface area contributed by atoms with Gasteiger partial charge in [0.05, 0.1) is 16.9 Å². The van der Waals surface area contributed by atoms with Crippen LogP contribution in [0.4, 0.5) is 4.39 Å². The second kappa shape index (κ2) is 8.63. The molecule has 1 fully saturated rings. The number of carbonyl (C=O) groups excluding carboxylic acids is 1. The van der Waals surface area contributed by atoms with E-state index < -0.39 is 21.8 Å². The molecule has 1 amide bonds. The largest absolute Gasteiger partial charge is 0.349 e. The Morgan fingerprint density at radius 3 is 2.52 bits per heavy atom. The molecule has 1 heterocycles. The molecule has 5 nitrogen and oxygen atoms in total. The first-order valence-electron chi connectivity index (χ1n) is 9.81. The lowest BCUT2D eigenvalue weighted by Crippen LogP contribution is -2.45. The van der Waals surface area contributed by atoms with Crippen molar-refractivity contribution >= 4 is 15.9 Å². The number of sulfonamides is 1. The molecule has 0 aromatic heterocycles. The third kappa shape index (κ3) is 4.85. The molecule has 3 rings (SSSR count).